The van der Waals surface area contributed by atoms with Crippen molar-refractivity contribution >= 4 is 17.6 Å². The zero-order valence-corrected chi connectivity index (χ0v) is 9.04. The van der Waals surface area contributed by atoms with E-state index in [1.807, 2.05) is 0 Å². The molecule has 0 aromatic heterocycles. The minimum absolute atomic E-state index is 0.0712. The Bertz CT molecular complexity index is 399. The number of hydrogen-bond acceptors (Lipinski definition) is 3. The summed E-state index contributed by atoms with van der Waals surface area (Å²) in [5, 5.41) is 10.1. The van der Waals surface area contributed by atoms with Crippen molar-refractivity contribution in [3.63, 3.8) is 0 Å². The van der Waals surface area contributed by atoms with Crippen molar-refractivity contribution in [3.05, 3.63) is 40.9 Å². The Morgan fingerprint density at radius 2 is 2.33 bits per heavy atom. The molecule has 0 radical (unpaired) electrons. The van der Waals surface area contributed by atoms with Gasteiger partial charge in [-0.15, -0.1) is 6.58 Å². The van der Waals surface area contributed by atoms with Crippen LogP contribution in [0.25, 0.3) is 0 Å². The number of rotatable bonds is 3. The summed E-state index contributed by atoms with van der Waals surface area (Å²) in [6.45, 7) is 3.55. The first-order chi connectivity index (χ1) is 7.10. The number of carbonyl (C=O) groups is 1. The van der Waals surface area contributed by atoms with Gasteiger partial charge in [0.1, 0.15) is 11.3 Å². The summed E-state index contributed by atoms with van der Waals surface area (Å²) in [5.74, 6) is -0.716. The maximum atomic E-state index is 11.3. The number of esters is 1. The summed E-state index contributed by atoms with van der Waals surface area (Å²) < 4.78 is 4.52. The lowest BCUT2D eigenvalue weighted by molar-refractivity contribution is 0.0597. The molecule has 4 heteroatoms. The van der Waals surface area contributed by atoms with Crippen molar-refractivity contribution in [2.24, 2.45) is 0 Å². The highest BCUT2D eigenvalue weighted by Gasteiger charge is 2.15. The van der Waals surface area contributed by atoms with Gasteiger partial charge in [-0.05, 0) is 24.1 Å². The van der Waals surface area contributed by atoms with Crippen molar-refractivity contribution in [3.8, 4) is 5.75 Å². The Balaban J connectivity index is 3.27. The second kappa shape index (κ2) is 4.84. The number of benzene rings is 1. The van der Waals surface area contributed by atoms with E-state index >= 15 is 0 Å². The number of carbonyl (C=O) groups excluding carboxylic acids is 1. The number of phenolic OH excluding ortho intramolecular Hbond substituents is 1. The van der Waals surface area contributed by atoms with Gasteiger partial charge in [0.2, 0.25) is 0 Å². The van der Waals surface area contributed by atoms with Crippen LogP contribution in [0.1, 0.15) is 15.9 Å². The number of ether oxygens (including phenoxy) is 1. The van der Waals surface area contributed by atoms with Gasteiger partial charge in [0, 0.05) is 5.02 Å². The van der Waals surface area contributed by atoms with Crippen LogP contribution in [0.3, 0.4) is 0 Å². The molecular weight excluding hydrogens is 216 g/mol. The summed E-state index contributed by atoms with van der Waals surface area (Å²) in [5.41, 5.74) is 0.625. The minimum atomic E-state index is -0.611. The Labute approximate surface area is 92.9 Å². The van der Waals surface area contributed by atoms with Gasteiger partial charge in [0.15, 0.2) is 0 Å². The van der Waals surface area contributed by atoms with Gasteiger partial charge in [-0.2, -0.15) is 0 Å². The number of phenols is 1. The van der Waals surface area contributed by atoms with Gasteiger partial charge in [-0.1, -0.05) is 17.7 Å². The smallest absolute Gasteiger partial charge is 0.341 e. The maximum Gasteiger partial charge on any atom is 0.341 e. The molecule has 0 saturated heterocycles. The molecule has 0 atom stereocenters. The predicted molar refractivity (Wildman–Crippen MR) is 58.4 cm³/mol. The highest BCUT2D eigenvalue weighted by molar-refractivity contribution is 6.31. The number of methoxy groups -OCH3 is 1. The van der Waals surface area contributed by atoms with Crippen LogP contribution in [-0.2, 0) is 11.2 Å². The number of hydrogen-bond donors (Lipinski definition) is 1. The van der Waals surface area contributed by atoms with Crippen LogP contribution in [0, 0.1) is 0 Å². The van der Waals surface area contributed by atoms with E-state index in [2.05, 4.69) is 11.3 Å². The molecule has 0 heterocycles. The monoisotopic (exact) mass is 226 g/mol. The predicted octanol–water partition coefficient (Wildman–Crippen LogP) is 2.56. The normalized spacial score (nSPS) is 9.73. The fourth-order valence-electron chi connectivity index (χ4n) is 1.23. The Kier molecular flexibility index (Phi) is 3.74. The van der Waals surface area contributed by atoms with Gasteiger partial charge >= 0.3 is 5.97 Å². The quantitative estimate of drug-likeness (QED) is 0.637. The van der Waals surface area contributed by atoms with Gasteiger partial charge in [-0.25, -0.2) is 4.79 Å². The van der Waals surface area contributed by atoms with E-state index in [0.717, 1.165) is 0 Å². The molecule has 1 N–H and O–H groups in total. The van der Waals surface area contributed by atoms with E-state index in [1.165, 1.54) is 13.2 Å². The summed E-state index contributed by atoms with van der Waals surface area (Å²) in [7, 11) is 1.25. The largest absolute Gasteiger partial charge is 0.507 e. The highest BCUT2D eigenvalue weighted by atomic mass is 35.5. The average Bonchev–Trinajstić information content (AvgIpc) is 2.22. The van der Waals surface area contributed by atoms with Crippen molar-refractivity contribution in [2.75, 3.05) is 7.11 Å². The van der Waals surface area contributed by atoms with Crippen molar-refractivity contribution in [1.82, 2.24) is 0 Å². The molecule has 0 aliphatic heterocycles. The third kappa shape index (κ3) is 2.50. The van der Waals surface area contributed by atoms with E-state index in [-0.39, 0.29) is 11.3 Å². The molecule has 1 aromatic carbocycles. The van der Waals surface area contributed by atoms with Gasteiger partial charge in [0.25, 0.3) is 0 Å². The number of allylic oxidation sites excluding steroid dienone is 1. The number of aromatic hydroxyl groups is 1. The molecule has 0 fully saturated rings. The van der Waals surface area contributed by atoms with E-state index in [0.29, 0.717) is 17.0 Å². The fourth-order valence-corrected chi connectivity index (χ4v) is 1.47. The first-order valence-electron chi connectivity index (χ1n) is 4.30. The molecule has 3 nitrogen and oxygen atoms in total. The summed E-state index contributed by atoms with van der Waals surface area (Å²) in [6, 6.07) is 2.96. The molecule has 15 heavy (non-hydrogen) atoms. The SMILES string of the molecule is C=CCc1cc(Cl)cc(C(=O)OC)c1O. The van der Waals surface area contributed by atoms with Gasteiger partial charge in [-0.3, -0.25) is 0 Å². The van der Waals surface area contributed by atoms with Crippen molar-refractivity contribution in [2.45, 2.75) is 6.42 Å². The minimum Gasteiger partial charge on any atom is -0.507 e. The first kappa shape index (κ1) is 11.6. The van der Waals surface area contributed by atoms with Gasteiger partial charge in [0.05, 0.1) is 7.11 Å². The van der Waals surface area contributed by atoms with E-state index in [1.54, 1.807) is 12.1 Å². The lowest BCUT2D eigenvalue weighted by Gasteiger charge is -2.07. The zero-order chi connectivity index (χ0) is 11.4. The maximum absolute atomic E-state index is 11.3. The van der Waals surface area contributed by atoms with E-state index < -0.39 is 5.97 Å². The highest BCUT2D eigenvalue weighted by Crippen LogP contribution is 2.28. The van der Waals surface area contributed by atoms with E-state index in [9.17, 15) is 9.90 Å². The molecule has 1 rings (SSSR count). The molecule has 80 valence electrons. The molecule has 0 spiro atoms. The lowest BCUT2D eigenvalue weighted by Crippen LogP contribution is -2.03. The molecule has 0 amide bonds. The lowest BCUT2D eigenvalue weighted by atomic mass is 10.1. The Hall–Kier alpha value is -1.48. The molecule has 0 aliphatic carbocycles. The number of halogens is 1. The standard InChI is InChI=1S/C11H11ClO3/c1-3-4-7-5-8(12)6-9(10(7)13)11(14)15-2/h3,5-6,13H,1,4H2,2H3. The molecule has 0 aliphatic rings. The van der Waals surface area contributed by atoms with Crippen LogP contribution < -0.4 is 0 Å². The average molecular weight is 227 g/mol. The zero-order valence-electron chi connectivity index (χ0n) is 8.29. The van der Waals surface area contributed by atoms with Crippen LogP contribution in [0.5, 0.6) is 5.75 Å². The summed E-state index contributed by atoms with van der Waals surface area (Å²) >= 11 is 5.81. The Morgan fingerprint density at radius 3 is 2.87 bits per heavy atom. The third-order valence-electron chi connectivity index (χ3n) is 1.92. The van der Waals surface area contributed by atoms with Crippen LogP contribution in [-0.4, -0.2) is 18.2 Å². The molecule has 0 saturated carbocycles. The molecule has 1 aromatic rings. The molecular formula is C11H11ClO3. The second-order valence-electron chi connectivity index (χ2n) is 2.95. The van der Waals surface area contributed by atoms with Crippen LogP contribution in [0.2, 0.25) is 5.02 Å². The summed E-state index contributed by atoms with van der Waals surface area (Å²) in [6.07, 6.45) is 2.06. The van der Waals surface area contributed by atoms with Crippen LogP contribution in [0.4, 0.5) is 0 Å². The molecule has 0 unspecified atom stereocenters. The Morgan fingerprint density at radius 1 is 1.67 bits per heavy atom. The van der Waals surface area contributed by atoms with Crippen LogP contribution >= 0.6 is 11.6 Å². The van der Waals surface area contributed by atoms with Crippen molar-refractivity contribution < 1.29 is 14.6 Å². The fraction of sp³-hybridized carbons (Fsp3) is 0.182. The van der Waals surface area contributed by atoms with E-state index in [4.69, 9.17) is 11.6 Å². The van der Waals surface area contributed by atoms with Crippen LogP contribution in [0.15, 0.2) is 24.8 Å². The van der Waals surface area contributed by atoms with Gasteiger partial charge < -0.3 is 9.84 Å². The van der Waals surface area contributed by atoms with Crippen molar-refractivity contribution in [1.29, 1.82) is 0 Å². The molecule has 0 bridgehead atoms. The first-order valence-corrected chi connectivity index (χ1v) is 4.68. The topological polar surface area (TPSA) is 46.5 Å². The summed E-state index contributed by atoms with van der Waals surface area (Å²) in [4.78, 5) is 11.3. The second-order valence-corrected chi connectivity index (χ2v) is 3.38. The third-order valence-corrected chi connectivity index (χ3v) is 2.14.